The lowest BCUT2D eigenvalue weighted by Gasteiger charge is -2.36. The van der Waals surface area contributed by atoms with Crippen LogP contribution in [0.2, 0.25) is 0 Å². The minimum absolute atomic E-state index is 0.206. The summed E-state index contributed by atoms with van der Waals surface area (Å²) in [4.78, 5) is 13.5. The van der Waals surface area contributed by atoms with Crippen molar-refractivity contribution in [2.45, 2.75) is 25.5 Å². The molecule has 0 saturated carbocycles. The highest BCUT2D eigenvalue weighted by Gasteiger charge is 2.29. The number of rotatable bonds is 4. The second kappa shape index (κ2) is 6.05. The van der Waals surface area contributed by atoms with Crippen molar-refractivity contribution in [3.63, 3.8) is 0 Å². The normalized spacial score (nSPS) is 24.9. The van der Waals surface area contributed by atoms with Crippen molar-refractivity contribution in [3.8, 4) is 0 Å². The van der Waals surface area contributed by atoms with Gasteiger partial charge in [0.2, 0.25) is 0 Å². The number of hydrogen-bond acceptors (Lipinski definition) is 5. The third-order valence-corrected chi connectivity index (χ3v) is 2.76. The van der Waals surface area contributed by atoms with Crippen molar-refractivity contribution in [3.05, 3.63) is 0 Å². The van der Waals surface area contributed by atoms with E-state index < -0.39 is 0 Å². The van der Waals surface area contributed by atoms with E-state index >= 15 is 0 Å². The van der Waals surface area contributed by atoms with Crippen molar-refractivity contribution in [2.75, 3.05) is 33.4 Å². The van der Waals surface area contributed by atoms with Gasteiger partial charge in [0.25, 0.3) is 0 Å². The van der Waals surface area contributed by atoms with Crippen LogP contribution in [-0.4, -0.2) is 56.4 Å². The smallest absolute Gasteiger partial charge is 0.324 e. The van der Waals surface area contributed by atoms with Crippen LogP contribution in [0.3, 0.4) is 0 Å². The van der Waals surface area contributed by atoms with Crippen LogP contribution in [0.25, 0.3) is 0 Å². The topological polar surface area (TPSA) is 64.8 Å². The first-order valence-corrected chi connectivity index (χ1v) is 5.36. The van der Waals surface area contributed by atoms with Crippen LogP contribution in [0, 0.1) is 0 Å². The maximum atomic E-state index is 11.5. The predicted octanol–water partition coefficient (Wildman–Crippen LogP) is -0.402. The van der Waals surface area contributed by atoms with Crippen LogP contribution in [0.1, 0.15) is 13.3 Å². The number of hydrogen-bond donors (Lipinski definition) is 1. The molecule has 5 nitrogen and oxygen atoms in total. The maximum absolute atomic E-state index is 11.5. The average molecular weight is 216 g/mol. The molecule has 1 saturated heterocycles. The molecule has 1 heterocycles. The Morgan fingerprint density at radius 2 is 2.47 bits per heavy atom. The van der Waals surface area contributed by atoms with E-state index in [4.69, 9.17) is 15.2 Å². The van der Waals surface area contributed by atoms with Crippen molar-refractivity contribution < 1.29 is 14.3 Å². The summed E-state index contributed by atoms with van der Waals surface area (Å²) in [7, 11) is 1.39. The number of morpholine rings is 1. The predicted molar refractivity (Wildman–Crippen MR) is 56.5 cm³/mol. The summed E-state index contributed by atoms with van der Waals surface area (Å²) in [6.07, 6.45) is 1.16. The van der Waals surface area contributed by atoms with E-state index in [1.807, 2.05) is 4.90 Å². The number of nitrogens with two attached hydrogens (primary N) is 1. The van der Waals surface area contributed by atoms with Gasteiger partial charge in [0.1, 0.15) is 6.04 Å². The highest BCUT2D eigenvalue weighted by atomic mass is 16.5. The summed E-state index contributed by atoms with van der Waals surface area (Å²) in [6.45, 7) is 4.53. The van der Waals surface area contributed by atoms with E-state index in [1.54, 1.807) is 0 Å². The highest BCUT2D eigenvalue weighted by Crippen LogP contribution is 2.11. The summed E-state index contributed by atoms with van der Waals surface area (Å²) < 4.78 is 10.3. The van der Waals surface area contributed by atoms with Crippen molar-refractivity contribution in [1.29, 1.82) is 0 Å². The SMILES string of the molecule is CCC1CN(C(CN)C(=O)OC)CCO1. The van der Waals surface area contributed by atoms with Crippen LogP contribution in [0.4, 0.5) is 0 Å². The minimum Gasteiger partial charge on any atom is -0.468 e. The van der Waals surface area contributed by atoms with E-state index in [0.717, 1.165) is 19.5 Å². The first-order chi connectivity index (χ1) is 7.22. The Kier molecular flexibility index (Phi) is 5.01. The molecule has 88 valence electrons. The molecule has 0 spiro atoms. The molecule has 5 heteroatoms. The molecule has 2 N–H and O–H groups in total. The zero-order valence-corrected chi connectivity index (χ0v) is 9.44. The van der Waals surface area contributed by atoms with Crippen molar-refractivity contribution in [1.82, 2.24) is 4.90 Å². The molecular formula is C10H20N2O3. The van der Waals surface area contributed by atoms with Crippen LogP contribution >= 0.6 is 0 Å². The molecule has 0 aliphatic carbocycles. The zero-order valence-electron chi connectivity index (χ0n) is 9.44. The lowest BCUT2D eigenvalue weighted by atomic mass is 10.1. The van der Waals surface area contributed by atoms with Gasteiger partial charge >= 0.3 is 5.97 Å². The highest BCUT2D eigenvalue weighted by molar-refractivity contribution is 5.75. The van der Waals surface area contributed by atoms with Gasteiger partial charge in [-0.05, 0) is 6.42 Å². The molecule has 1 fully saturated rings. The second-order valence-electron chi connectivity index (χ2n) is 3.67. The molecule has 0 amide bonds. The molecule has 1 rings (SSSR count). The maximum Gasteiger partial charge on any atom is 0.324 e. The third kappa shape index (κ3) is 3.15. The Balaban J connectivity index is 2.55. The molecule has 1 aliphatic rings. The van der Waals surface area contributed by atoms with Crippen LogP contribution in [0.5, 0.6) is 0 Å². The molecule has 2 atom stereocenters. The van der Waals surface area contributed by atoms with Gasteiger partial charge in [-0.2, -0.15) is 0 Å². The zero-order chi connectivity index (χ0) is 11.3. The number of esters is 1. The van der Waals surface area contributed by atoms with Crippen LogP contribution < -0.4 is 5.73 Å². The van der Waals surface area contributed by atoms with Crippen LogP contribution in [-0.2, 0) is 14.3 Å². The van der Waals surface area contributed by atoms with Crippen molar-refractivity contribution >= 4 is 5.97 Å². The molecule has 15 heavy (non-hydrogen) atoms. The quantitative estimate of drug-likeness (QED) is 0.648. The number of methoxy groups -OCH3 is 1. The van der Waals surface area contributed by atoms with Crippen LogP contribution in [0.15, 0.2) is 0 Å². The molecule has 0 bridgehead atoms. The largest absolute Gasteiger partial charge is 0.468 e. The molecular weight excluding hydrogens is 196 g/mol. The van der Waals surface area contributed by atoms with E-state index in [-0.39, 0.29) is 18.1 Å². The summed E-state index contributed by atoms with van der Waals surface area (Å²) in [5, 5.41) is 0. The van der Waals surface area contributed by atoms with Gasteiger partial charge in [-0.1, -0.05) is 6.92 Å². The monoisotopic (exact) mass is 216 g/mol. The summed E-state index contributed by atoms with van der Waals surface area (Å²) in [6, 6.07) is -0.326. The Hall–Kier alpha value is -0.650. The molecule has 0 radical (unpaired) electrons. The van der Waals surface area contributed by atoms with Gasteiger partial charge in [0, 0.05) is 19.6 Å². The molecule has 0 aromatic heterocycles. The second-order valence-corrected chi connectivity index (χ2v) is 3.67. The fraction of sp³-hybridized carbons (Fsp3) is 0.900. The Morgan fingerprint density at radius 3 is 3.00 bits per heavy atom. The number of ether oxygens (including phenoxy) is 2. The van der Waals surface area contributed by atoms with Crippen molar-refractivity contribution in [2.24, 2.45) is 5.73 Å². The first kappa shape index (κ1) is 12.4. The molecule has 0 aromatic carbocycles. The van der Waals surface area contributed by atoms with Gasteiger partial charge in [0.15, 0.2) is 0 Å². The van der Waals surface area contributed by atoms with Gasteiger partial charge < -0.3 is 15.2 Å². The Morgan fingerprint density at radius 1 is 1.73 bits per heavy atom. The lowest BCUT2D eigenvalue weighted by Crippen LogP contribution is -2.53. The van der Waals surface area contributed by atoms with Gasteiger partial charge in [-0.25, -0.2) is 0 Å². The van der Waals surface area contributed by atoms with E-state index in [0.29, 0.717) is 13.2 Å². The van der Waals surface area contributed by atoms with Gasteiger partial charge in [0.05, 0.1) is 19.8 Å². The number of nitrogens with zero attached hydrogens (tertiary/aromatic N) is 1. The third-order valence-electron chi connectivity index (χ3n) is 2.76. The molecule has 1 aliphatic heterocycles. The Bertz CT molecular complexity index is 211. The summed E-state index contributed by atoms with van der Waals surface area (Å²) >= 11 is 0. The fourth-order valence-electron chi connectivity index (χ4n) is 1.80. The molecule has 2 unspecified atom stereocenters. The minimum atomic E-state index is -0.326. The lowest BCUT2D eigenvalue weighted by molar-refractivity contribution is -0.149. The summed E-state index contributed by atoms with van der Waals surface area (Å²) in [5.41, 5.74) is 5.58. The van der Waals surface area contributed by atoms with E-state index in [2.05, 4.69) is 6.92 Å². The average Bonchev–Trinajstić information content (AvgIpc) is 2.30. The Labute approximate surface area is 90.5 Å². The number of carbonyl (C=O) groups excluding carboxylic acids is 1. The molecule has 0 aromatic rings. The van der Waals surface area contributed by atoms with Gasteiger partial charge in [-0.3, -0.25) is 9.69 Å². The first-order valence-electron chi connectivity index (χ1n) is 5.36. The number of carbonyl (C=O) groups is 1. The summed E-state index contributed by atoms with van der Waals surface area (Å²) in [5.74, 6) is -0.255. The van der Waals surface area contributed by atoms with E-state index in [1.165, 1.54) is 7.11 Å². The standard InChI is InChI=1S/C10H20N2O3/c1-3-8-7-12(4-5-15-8)9(6-11)10(13)14-2/h8-9H,3-7,11H2,1-2H3. The van der Waals surface area contributed by atoms with Gasteiger partial charge in [-0.15, -0.1) is 0 Å². The fourth-order valence-corrected chi connectivity index (χ4v) is 1.80. The van der Waals surface area contributed by atoms with E-state index in [9.17, 15) is 4.79 Å².